The number of methoxy groups -OCH3 is 1. The van der Waals surface area contributed by atoms with Crippen LogP contribution in [-0.4, -0.2) is 23.5 Å². The van der Waals surface area contributed by atoms with Gasteiger partial charge >= 0.3 is 0 Å². The summed E-state index contributed by atoms with van der Waals surface area (Å²) in [6, 6.07) is 4.21. The second-order valence-electron chi connectivity index (χ2n) is 4.19. The molecule has 0 aliphatic carbocycles. The maximum atomic E-state index is 5.09. The predicted octanol–water partition coefficient (Wildman–Crippen LogP) is 2.82. The Hall–Kier alpha value is -1.33. The molecule has 0 radical (unpaired) electrons. The second kappa shape index (κ2) is 6.02. The fourth-order valence-corrected chi connectivity index (χ4v) is 2.58. The summed E-state index contributed by atoms with van der Waals surface area (Å²) in [6.45, 7) is 6.46. The normalized spacial score (nSPS) is 10.8. The van der Waals surface area contributed by atoms with E-state index in [4.69, 9.17) is 4.74 Å². The minimum atomic E-state index is 0.687. The molecule has 98 valence electrons. The predicted molar refractivity (Wildman–Crippen MR) is 75.2 cm³/mol. The Bertz CT molecular complexity index is 491. The van der Waals surface area contributed by atoms with Crippen LogP contribution >= 0.6 is 11.3 Å². The molecule has 0 spiro atoms. The Morgan fingerprint density at radius 1 is 1.44 bits per heavy atom. The number of nitrogens with one attached hydrogen (secondary N) is 1. The fourth-order valence-electron chi connectivity index (χ4n) is 1.94. The van der Waals surface area contributed by atoms with E-state index in [1.165, 1.54) is 10.6 Å². The number of thiophene rings is 1. The fraction of sp³-hybridized carbons (Fsp3) is 0.462. The van der Waals surface area contributed by atoms with E-state index in [9.17, 15) is 0 Å². The van der Waals surface area contributed by atoms with Gasteiger partial charge in [0.05, 0.1) is 30.2 Å². The van der Waals surface area contributed by atoms with E-state index in [1.807, 2.05) is 11.6 Å². The lowest BCUT2D eigenvalue weighted by Crippen LogP contribution is -2.08. The lowest BCUT2D eigenvalue weighted by Gasteiger charge is -2.06. The van der Waals surface area contributed by atoms with Crippen LogP contribution in [-0.2, 0) is 17.8 Å². The van der Waals surface area contributed by atoms with Crippen LogP contribution in [0.25, 0.3) is 0 Å². The topological polar surface area (TPSA) is 39.1 Å². The van der Waals surface area contributed by atoms with Crippen LogP contribution in [0.3, 0.4) is 0 Å². The number of aryl methyl sites for hydroxylation is 1. The smallest absolute Gasteiger partial charge is 0.0828 e. The van der Waals surface area contributed by atoms with Gasteiger partial charge in [-0.1, -0.05) is 6.07 Å². The summed E-state index contributed by atoms with van der Waals surface area (Å²) in [7, 11) is 1.71. The molecule has 0 amide bonds. The maximum absolute atomic E-state index is 5.09. The number of anilines is 1. The minimum absolute atomic E-state index is 0.687. The Labute approximate surface area is 112 Å². The molecule has 0 bridgehead atoms. The van der Waals surface area contributed by atoms with Crippen molar-refractivity contribution in [3.05, 3.63) is 33.8 Å². The van der Waals surface area contributed by atoms with Crippen molar-refractivity contribution in [3.8, 4) is 0 Å². The van der Waals surface area contributed by atoms with Gasteiger partial charge < -0.3 is 10.1 Å². The molecule has 2 aromatic heterocycles. The van der Waals surface area contributed by atoms with Gasteiger partial charge in [-0.05, 0) is 25.3 Å². The number of rotatable bonds is 6. The molecule has 4 nitrogen and oxygen atoms in total. The van der Waals surface area contributed by atoms with Crippen molar-refractivity contribution >= 4 is 17.0 Å². The molecular formula is C13H19N3OS. The zero-order chi connectivity index (χ0) is 13.0. The van der Waals surface area contributed by atoms with Crippen molar-refractivity contribution < 1.29 is 4.74 Å². The van der Waals surface area contributed by atoms with Gasteiger partial charge in [0.25, 0.3) is 0 Å². The summed E-state index contributed by atoms with van der Waals surface area (Å²) in [5, 5.41) is 10.1. The molecule has 0 fully saturated rings. The first kappa shape index (κ1) is 13.1. The third-order valence-electron chi connectivity index (χ3n) is 2.91. The van der Waals surface area contributed by atoms with Crippen LogP contribution < -0.4 is 5.32 Å². The van der Waals surface area contributed by atoms with Gasteiger partial charge in [-0.2, -0.15) is 5.10 Å². The molecule has 18 heavy (non-hydrogen) atoms. The summed E-state index contributed by atoms with van der Waals surface area (Å²) in [5.74, 6) is 0. The van der Waals surface area contributed by atoms with Crippen LogP contribution in [0.2, 0.25) is 0 Å². The average Bonchev–Trinajstić information content (AvgIpc) is 2.95. The summed E-state index contributed by atoms with van der Waals surface area (Å²) >= 11 is 1.76. The molecular weight excluding hydrogens is 246 g/mol. The Morgan fingerprint density at radius 2 is 2.28 bits per heavy atom. The van der Waals surface area contributed by atoms with Crippen LogP contribution in [0.5, 0.6) is 0 Å². The number of aromatic nitrogens is 2. The quantitative estimate of drug-likeness (QED) is 0.873. The number of ether oxygens (including phenoxy) is 1. The summed E-state index contributed by atoms with van der Waals surface area (Å²) < 4.78 is 7.08. The van der Waals surface area contributed by atoms with E-state index in [1.54, 1.807) is 18.4 Å². The van der Waals surface area contributed by atoms with Crippen LogP contribution in [0.1, 0.15) is 16.3 Å². The average molecular weight is 265 g/mol. The Morgan fingerprint density at radius 3 is 2.94 bits per heavy atom. The molecule has 0 aliphatic rings. The van der Waals surface area contributed by atoms with Gasteiger partial charge in [0.1, 0.15) is 0 Å². The van der Waals surface area contributed by atoms with Crippen molar-refractivity contribution in [1.29, 1.82) is 0 Å². The van der Waals surface area contributed by atoms with E-state index in [0.717, 1.165) is 24.5 Å². The van der Waals surface area contributed by atoms with Crippen molar-refractivity contribution in [2.24, 2.45) is 0 Å². The highest BCUT2D eigenvalue weighted by Gasteiger charge is 2.10. The molecule has 0 aromatic carbocycles. The Balaban J connectivity index is 2.05. The molecule has 0 saturated carbocycles. The molecule has 2 heterocycles. The van der Waals surface area contributed by atoms with E-state index in [-0.39, 0.29) is 0 Å². The van der Waals surface area contributed by atoms with Gasteiger partial charge in [-0.15, -0.1) is 11.3 Å². The summed E-state index contributed by atoms with van der Waals surface area (Å²) in [5.41, 5.74) is 3.35. The molecule has 2 rings (SSSR count). The van der Waals surface area contributed by atoms with Gasteiger partial charge in [-0.25, -0.2) is 0 Å². The third-order valence-corrected chi connectivity index (χ3v) is 3.78. The number of hydrogen-bond donors (Lipinski definition) is 1. The molecule has 1 N–H and O–H groups in total. The van der Waals surface area contributed by atoms with E-state index >= 15 is 0 Å². The Kier molecular flexibility index (Phi) is 4.38. The van der Waals surface area contributed by atoms with E-state index in [2.05, 4.69) is 34.9 Å². The standard InChI is InChI=1S/C13H19N3OS/c1-10-13(14-9-12-5-4-8-18-12)11(2)16(15-10)6-7-17-3/h4-5,8,14H,6-7,9H2,1-3H3. The van der Waals surface area contributed by atoms with Gasteiger partial charge in [-0.3, -0.25) is 4.68 Å². The van der Waals surface area contributed by atoms with Crippen LogP contribution in [0, 0.1) is 13.8 Å². The van der Waals surface area contributed by atoms with Crippen LogP contribution in [0.15, 0.2) is 17.5 Å². The number of nitrogens with zero attached hydrogens (tertiary/aromatic N) is 2. The van der Waals surface area contributed by atoms with E-state index in [0.29, 0.717) is 6.61 Å². The first-order chi connectivity index (χ1) is 8.72. The number of hydrogen-bond acceptors (Lipinski definition) is 4. The van der Waals surface area contributed by atoms with E-state index < -0.39 is 0 Å². The highest BCUT2D eigenvalue weighted by molar-refractivity contribution is 7.09. The van der Waals surface area contributed by atoms with Crippen molar-refractivity contribution in [3.63, 3.8) is 0 Å². The largest absolute Gasteiger partial charge is 0.383 e. The second-order valence-corrected chi connectivity index (χ2v) is 5.23. The molecule has 0 aliphatic heterocycles. The first-order valence-corrected chi connectivity index (χ1v) is 6.89. The maximum Gasteiger partial charge on any atom is 0.0828 e. The molecule has 0 atom stereocenters. The minimum Gasteiger partial charge on any atom is -0.383 e. The van der Waals surface area contributed by atoms with Gasteiger partial charge in [0.2, 0.25) is 0 Å². The molecule has 0 saturated heterocycles. The SMILES string of the molecule is COCCn1nc(C)c(NCc2cccs2)c1C. The summed E-state index contributed by atoms with van der Waals surface area (Å²) in [4.78, 5) is 1.33. The highest BCUT2D eigenvalue weighted by Crippen LogP contribution is 2.21. The lowest BCUT2D eigenvalue weighted by molar-refractivity contribution is 0.182. The third kappa shape index (κ3) is 2.91. The monoisotopic (exact) mass is 265 g/mol. The first-order valence-electron chi connectivity index (χ1n) is 6.01. The van der Waals surface area contributed by atoms with Crippen LogP contribution in [0.4, 0.5) is 5.69 Å². The molecule has 0 unspecified atom stereocenters. The van der Waals surface area contributed by atoms with Gasteiger partial charge in [0.15, 0.2) is 0 Å². The highest BCUT2D eigenvalue weighted by atomic mass is 32.1. The zero-order valence-electron chi connectivity index (χ0n) is 11.1. The molecule has 5 heteroatoms. The lowest BCUT2D eigenvalue weighted by atomic mass is 10.3. The van der Waals surface area contributed by atoms with Crippen molar-refractivity contribution in [1.82, 2.24) is 9.78 Å². The summed E-state index contributed by atoms with van der Waals surface area (Å²) in [6.07, 6.45) is 0. The van der Waals surface area contributed by atoms with Crippen molar-refractivity contribution in [2.45, 2.75) is 26.9 Å². The van der Waals surface area contributed by atoms with Gasteiger partial charge in [0, 0.05) is 18.5 Å². The molecule has 2 aromatic rings. The van der Waals surface area contributed by atoms with Crippen molar-refractivity contribution in [2.75, 3.05) is 19.0 Å². The zero-order valence-corrected chi connectivity index (χ0v) is 11.9.